The van der Waals surface area contributed by atoms with Crippen LogP contribution < -0.4 is 4.74 Å². The predicted molar refractivity (Wildman–Crippen MR) is 62.1 cm³/mol. The van der Waals surface area contributed by atoms with E-state index in [-0.39, 0.29) is 11.5 Å². The van der Waals surface area contributed by atoms with E-state index < -0.39 is 0 Å². The molecule has 0 saturated heterocycles. The van der Waals surface area contributed by atoms with Gasteiger partial charge in [-0.05, 0) is 26.7 Å². The molecule has 86 valence electrons. The highest BCUT2D eigenvalue weighted by atomic mass is 16.5. The zero-order chi connectivity index (χ0) is 11.9. The molecule has 0 aliphatic heterocycles. The third kappa shape index (κ3) is 1.52. The van der Waals surface area contributed by atoms with Crippen LogP contribution in [0, 0.1) is 0 Å². The molecule has 1 aliphatic rings. The topological polar surface area (TPSA) is 49.7 Å². The minimum absolute atomic E-state index is 0.155. The number of aromatic hydroxyl groups is 2. The van der Waals surface area contributed by atoms with Crippen LogP contribution in [0.1, 0.15) is 25.0 Å². The summed E-state index contributed by atoms with van der Waals surface area (Å²) in [5, 5.41) is 19.9. The molecule has 3 heteroatoms. The molecule has 0 saturated carbocycles. The molecular weight excluding hydrogens is 204 g/mol. The third-order valence-corrected chi connectivity index (χ3v) is 3.29. The van der Waals surface area contributed by atoms with Crippen LogP contribution in [-0.2, 0) is 12.8 Å². The standard InChI is InChI=1S/C13H16O3/c1-7-4-9-10(5-8(7)2)13(15)12(16-3)6-11(9)14/h6,14-15H,4-5H2,1-3H3. The predicted octanol–water partition coefficient (Wildman–Crippen LogP) is 2.54. The maximum atomic E-state index is 10.0. The van der Waals surface area contributed by atoms with Gasteiger partial charge in [-0.1, -0.05) is 11.1 Å². The van der Waals surface area contributed by atoms with Crippen molar-refractivity contribution in [1.82, 2.24) is 0 Å². The second kappa shape index (κ2) is 3.74. The number of hydrogen-bond donors (Lipinski definition) is 2. The highest BCUT2D eigenvalue weighted by molar-refractivity contribution is 5.59. The van der Waals surface area contributed by atoms with Crippen LogP contribution in [0.15, 0.2) is 17.2 Å². The van der Waals surface area contributed by atoms with Crippen molar-refractivity contribution in [2.45, 2.75) is 26.7 Å². The van der Waals surface area contributed by atoms with Crippen LogP contribution in [-0.4, -0.2) is 17.3 Å². The lowest BCUT2D eigenvalue weighted by atomic mass is 9.86. The second-order valence-electron chi connectivity index (χ2n) is 4.32. The third-order valence-electron chi connectivity index (χ3n) is 3.29. The summed E-state index contributed by atoms with van der Waals surface area (Å²) >= 11 is 0. The fourth-order valence-electron chi connectivity index (χ4n) is 2.10. The summed E-state index contributed by atoms with van der Waals surface area (Å²) in [5.41, 5.74) is 4.11. The maximum absolute atomic E-state index is 10.0. The van der Waals surface area contributed by atoms with Crippen LogP contribution in [0.3, 0.4) is 0 Å². The molecule has 1 aromatic carbocycles. The average Bonchev–Trinajstić information content (AvgIpc) is 2.26. The summed E-state index contributed by atoms with van der Waals surface area (Å²) in [6, 6.07) is 1.47. The number of rotatable bonds is 1. The lowest BCUT2D eigenvalue weighted by molar-refractivity contribution is 0.364. The van der Waals surface area contributed by atoms with Crippen molar-refractivity contribution in [2.75, 3.05) is 7.11 Å². The van der Waals surface area contributed by atoms with Crippen molar-refractivity contribution in [3.8, 4) is 17.2 Å². The van der Waals surface area contributed by atoms with Crippen LogP contribution in [0.2, 0.25) is 0 Å². The Morgan fingerprint density at radius 1 is 1.06 bits per heavy atom. The average molecular weight is 220 g/mol. The fraction of sp³-hybridized carbons (Fsp3) is 0.385. The maximum Gasteiger partial charge on any atom is 0.164 e. The Morgan fingerprint density at radius 2 is 1.62 bits per heavy atom. The monoisotopic (exact) mass is 220 g/mol. The van der Waals surface area contributed by atoms with Gasteiger partial charge in [-0.3, -0.25) is 0 Å². The van der Waals surface area contributed by atoms with Gasteiger partial charge in [0.15, 0.2) is 11.5 Å². The van der Waals surface area contributed by atoms with Gasteiger partial charge in [0.25, 0.3) is 0 Å². The molecule has 1 aromatic rings. The van der Waals surface area contributed by atoms with Gasteiger partial charge in [-0.2, -0.15) is 0 Å². The van der Waals surface area contributed by atoms with Crippen molar-refractivity contribution in [2.24, 2.45) is 0 Å². The quantitative estimate of drug-likeness (QED) is 0.565. The number of phenolic OH excluding ortho intramolecular Hbond substituents is 2. The first-order chi connectivity index (χ1) is 7.54. The number of fused-ring (bicyclic) bond motifs is 1. The number of hydrogen-bond acceptors (Lipinski definition) is 3. The lowest BCUT2D eigenvalue weighted by Crippen LogP contribution is -2.07. The Kier molecular flexibility index (Phi) is 2.54. The Hall–Kier alpha value is -1.64. The van der Waals surface area contributed by atoms with Gasteiger partial charge in [0, 0.05) is 17.2 Å². The summed E-state index contributed by atoms with van der Waals surface area (Å²) in [5.74, 6) is 0.697. The number of methoxy groups -OCH3 is 1. The lowest BCUT2D eigenvalue weighted by Gasteiger charge is -2.22. The Labute approximate surface area is 95.0 Å². The number of phenols is 2. The number of allylic oxidation sites excluding steroid dienone is 2. The van der Waals surface area contributed by atoms with Crippen LogP contribution in [0.5, 0.6) is 17.2 Å². The van der Waals surface area contributed by atoms with Gasteiger partial charge in [0.2, 0.25) is 0 Å². The van der Waals surface area contributed by atoms with E-state index in [1.165, 1.54) is 24.3 Å². The largest absolute Gasteiger partial charge is 0.508 e. The van der Waals surface area contributed by atoms with E-state index in [9.17, 15) is 10.2 Å². The SMILES string of the molecule is COc1cc(O)c2c(c1O)CC(C)=C(C)C2. The Balaban J connectivity index is 2.60. The van der Waals surface area contributed by atoms with Crippen LogP contribution in [0.4, 0.5) is 0 Å². The van der Waals surface area contributed by atoms with Crippen molar-refractivity contribution in [3.05, 3.63) is 28.3 Å². The summed E-state index contributed by atoms with van der Waals surface area (Å²) < 4.78 is 5.03. The van der Waals surface area contributed by atoms with E-state index in [4.69, 9.17) is 4.74 Å². The molecule has 0 radical (unpaired) electrons. The molecule has 3 nitrogen and oxygen atoms in total. The van der Waals surface area contributed by atoms with Crippen LogP contribution in [0.25, 0.3) is 0 Å². The minimum Gasteiger partial charge on any atom is -0.508 e. The summed E-state index contributed by atoms with van der Waals surface area (Å²) in [4.78, 5) is 0. The first-order valence-electron chi connectivity index (χ1n) is 5.30. The van der Waals surface area contributed by atoms with Gasteiger partial charge < -0.3 is 14.9 Å². The first-order valence-corrected chi connectivity index (χ1v) is 5.30. The molecule has 0 aromatic heterocycles. The van der Waals surface area contributed by atoms with E-state index in [1.807, 2.05) is 6.92 Å². The number of ether oxygens (including phenoxy) is 1. The van der Waals surface area contributed by atoms with Gasteiger partial charge >= 0.3 is 0 Å². The summed E-state index contributed by atoms with van der Waals surface area (Å²) in [6.07, 6.45) is 1.38. The molecule has 0 fully saturated rings. The molecule has 1 aliphatic carbocycles. The molecular formula is C13H16O3. The van der Waals surface area contributed by atoms with Crippen molar-refractivity contribution in [3.63, 3.8) is 0 Å². The zero-order valence-electron chi connectivity index (χ0n) is 9.79. The molecule has 0 heterocycles. The van der Waals surface area contributed by atoms with E-state index >= 15 is 0 Å². The van der Waals surface area contributed by atoms with Gasteiger partial charge in [-0.25, -0.2) is 0 Å². The van der Waals surface area contributed by atoms with E-state index in [2.05, 4.69) is 6.92 Å². The van der Waals surface area contributed by atoms with Crippen LogP contribution >= 0.6 is 0 Å². The van der Waals surface area contributed by atoms with Crippen molar-refractivity contribution in [1.29, 1.82) is 0 Å². The summed E-state index contributed by atoms with van der Waals surface area (Å²) in [6.45, 7) is 4.10. The van der Waals surface area contributed by atoms with Gasteiger partial charge in [0.05, 0.1) is 7.11 Å². The fourth-order valence-corrected chi connectivity index (χ4v) is 2.10. The molecule has 2 N–H and O–H groups in total. The van der Waals surface area contributed by atoms with Crippen molar-refractivity contribution >= 4 is 0 Å². The van der Waals surface area contributed by atoms with Gasteiger partial charge in [-0.15, -0.1) is 0 Å². The highest BCUT2D eigenvalue weighted by Gasteiger charge is 2.22. The second-order valence-corrected chi connectivity index (χ2v) is 4.32. The molecule has 16 heavy (non-hydrogen) atoms. The molecule has 0 unspecified atom stereocenters. The molecule has 2 rings (SSSR count). The van der Waals surface area contributed by atoms with E-state index in [0.29, 0.717) is 18.6 Å². The first kappa shape index (κ1) is 10.9. The molecule has 0 spiro atoms. The van der Waals surface area contributed by atoms with Gasteiger partial charge in [0.1, 0.15) is 5.75 Å². The normalized spacial score (nSPS) is 14.9. The zero-order valence-corrected chi connectivity index (χ0v) is 9.79. The minimum atomic E-state index is 0.155. The van der Waals surface area contributed by atoms with Crippen molar-refractivity contribution < 1.29 is 14.9 Å². The van der Waals surface area contributed by atoms with E-state index in [1.54, 1.807) is 0 Å². The number of benzene rings is 1. The smallest absolute Gasteiger partial charge is 0.164 e. The van der Waals surface area contributed by atoms with E-state index in [0.717, 1.165) is 11.1 Å². The molecule has 0 bridgehead atoms. The Bertz CT molecular complexity index is 473. The summed E-state index contributed by atoms with van der Waals surface area (Å²) in [7, 11) is 1.48. The Morgan fingerprint density at radius 3 is 2.19 bits per heavy atom. The molecule has 0 amide bonds. The molecule has 0 atom stereocenters. The highest BCUT2D eigenvalue weighted by Crippen LogP contribution is 2.42.